The molecule has 3 saturated heterocycles. The number of rotatable bonds is 5. The van der Waals surface area contributed by atoms with Crippen molar-refractivity contribution in [3.05, 3.63) is 75.3 Å². The average Bonchev–Trinajstić information content (AvgIpc) is 3.66. The van der Waals surface area contributed by atoms with Crippen LogP contribution in [0, 0.1) is 5.41 Å². The zero-order chi connectivity index (χ0) is 28.3. The number of carbonyl (C=O) groups is 2. The van der Waals surface area contributed by atoms with Crippen molar-refractivity contribution in [3.8, 4) is 0 Å². The Kier molecular flexibility index (Phi) is 7.00. The van der Waals surface area contributed by atoms with Gasteiger partial charge in [-0.25, -0.2) is 0 Å². The lowest BCUT2D eigenvalue weighted by Crippen LogP contribution is -2.49. The molecule has 7 heteroatoms. The highest BCUT2D eigenvalue weighted by Gasteiger charge is 2.46. The van der Waals surface area contributed by atoms with Gasteiger partial charge in [-0.1, -0.05) is 49.7 Å². The highest BCUT2D eigenvalue weighted by molar-refractivity contribution is 6.30. The van der Waals surface area contributed by atoms with Gasteiger partial charge in [0.05, 0.1) is 0 Å². The molecule has 1 aliphatic carbocycles. The van der Waals surface area contributed by atoms with Crippen LogP contribution in [-0.2, 0) is 17.9 Å². The van der Waals surface area contributed by atoms with Gasteiger partial charge in [-0.3, -0.25) is 14.5 Å². The number of piperidine rings is 1. The Hall–Kier alpha value is -2.67. The molecular weight excluding hydrogens is 532 g/mol. The van der Waals surface area contributed by atoms with Crippen LogP contribution in [0.5, 0.6) is 0 Å². The first-order chi connectivity index (χ1) is 19.8. The van der Waals surface area contributed by atoms with E-state index >= 15 is 0 Å². The van der Waals surface area contributed by atoms with Crippen molar-refractivity contribution in [2.24, 2.45) is 5.41 Å². The summed E-state index contributed by atoms with van der Waals surface area (Å²) < 4.78 is 0. The second kappa shape index (κ2) is 10.6. The number of allylic oxidation sites excluding steroid dienone is 1. The number of nitrogens with zero attached hydrogens (tertiary/aromatic N) is 3. The molecule has 4 heterocycles. The van der Waals surface area contributed by atoms with Crippen LogP contribution < -0.4 is 5.32 Å². The van der Waals surface area contributed by atoms with Crippen molar-refractivity contribution in [2.45, 2.75) is 83.6 Å². The van der Waals surface area contributed by atoms with Crippen molar-refractivity contribution < 1.29 is 9.59 Å². The molecule has 0 radical (unpaired) electrons. The van der Waals surface area contributed by atoms with E-state index in [1.807, 2.05) is 18.2 Å². The monoisotopic (exact) mass is 572 g/mol. The van der Waals surface area contributed by atoms with Gasteiger partial charge in [-0.2, -0.15) is 0 Å². The number of hydrogen-bond acceptors (Lipinski definition) is 4. The van der Waals surface area contributed by atoms with Crippen LogP contribution in [0.1, 0.15) is 79.4 Å². The third-order valence-electron chi connectivity index (χ3n) is 10.2. The molecule has 0 aromatic heterocycles. The van der Waals surface area contributed by atoms with Crippen molar-refractivity contribution in [1.29, 1.82) is 0 Å². The number of amides is 2. The maximum Gasteiger partial charge on any atom is 0.254 e. The van der Waals surface area contributed by atoms with Crippen molar-refractivity contribution in [1.82, 2.24) is 20.0 Å². The van der Waals surface area contributed by atoms with E-state index in [1.54, 1.807) is 0 Å². The van der Waals surface area contributed by atoms with Crippen LogP contribution in [0.3, 0.4) is 0 Å². The Labute approximate surface area is 248 Å². The van der Waals surface area contributed by atoms with Crippen molar-refractivity contribution in [2.75, 3.05) is 26.2 Å². The quantitative estimate of drug-likeness (QED) is 0.514. The zero-order valence-corrected chi connectivity index (χ0v) is 25.1. The molecule has 41 heavy (non-hydrogen) atoms. The number of likely N-dealkylation sites (tertiary alicyclic amines) is 2. The molecule has 7 rings (SSSR count). The van der Waals surface area contributed by atoms with E-state index in [4.69, 9.17) is 11.6 Å². The van der Waals surface area contributed by atoms with E-state index < -0.39 is 0 Å². The second-order valence-electron chi connectivity index (χ2n) is 13.7. The smallest absolute Gasteiger partial charge is 0.254 e. The van der Waals surface area contributed by atoms with Gasteiger partial charge in [0.15, 0.2) is 0 Å². The lowest BCUT2D eigenvalue weighted by atomic mass is 9.72. The summed E-state index contributed by atoms with van der Waals surface area (Å²) in [4.78, 5) is 33.9. The van der Waals surface area contributed by atoms with Gasteiger partial charge in [-0.05, 0) is 90.9 Å². The van der Waals surface area contributed by atoms with E-state index in [1.165, 1.54) is 16.7 Å². The van der Waals surface area contributed by atoms with Crippen LogP contribution in [0.2, 0.25) is 5.02 Å². The minimum Gasteiger partial charge on any atom is -0.333 e. The lowest BCUT2D eigenvalue weighted by molar-refractivity contribution is -0.129. The Morgan fingerprint density at radius 1 is 1.07 bits per heavy atom. The topological polar surface area (TPSA) is 55.9 Å². The SMILES string of the molecule is CC1(C)CCC(C(=O)N2C[C@H]3C[C@@H]2CN3Cc2ccc3c(c2)CN(C2CCCNC2)C3=O)=C(c2ccc(Cl)cc2)C1. The summed E-state index contributed by atoms with van der Waals surface area (Å²) in [5.74, 6) is 0.430. The summed E-state index contributed by atoms with van der Waals surface area (Å²) in [7, 11) is 0. The highest BCUT2D eigenvalue weighted by Crippen LogP contribution is 2.45. The standard InChI is InChI=1S/C34H41ClN4O2/c1-34(2)12-11-30(31(16-34)23-6-8-25(35)9-7-23)33(41)39-21-27-15-28(39)20-37(27)18-22-5-10-29-24(14-22)19-38(32(29)40)26-4-3-13-36-17-26/h5-10,14,26-28,36H,3-4,11-13,15-21H2,1-2H3/t26?,27-,28-/m1/s1. The van der Waals surface area contributed by atoms with Crippen LogP contribution in [0.25, 0.3) is 5.57 Å². The molecule has 4 aliphatic heterocycles. The molecule has 2 bridgehead atoms. The Morgan fingerprint density at radius 2 is 1.90 bits per heavy atom. The Balaban J connectivity index is 1.03. The number of piperazine rings is 1. The molecule has 2 aromatic rings. The number of halogens is 1. The number of hydrogen-bond donors (Lipinski definition) is 1. The number of benzene rings is 2. The summed E-state index contributed by atoms with van der Waals surface area (Å²) in [6.45, 7) is 9.88. The normalized spacial score (nSPS) is 27.6. The molecule has 2 amide bonds. The number of fused-ring (bicyclic) bond motifs is 3. The molecule has 2 aromatic carbocycles. The summed E-state index contributed by atoms with van der Waals surface area (Å²) >= 11 is 6.18. The second-order valence-corrected chi connectivity index (χ2v) is 14.1. The molecule has 0 spiro atoms. The summed E-state index contributed by atoms with van der Waals surface area (Å²) in [5.41, 5.74) is 6.84. The number of nitrogens with one attached hydrogen (secondary N) is 1. The first-order valence-corrected chi connectivity index (χ1v) is 15.8. The van der Waals surface area contributed by atoms with Crippen LogP contribution in [0.4, 0.5) is 0 Å². The molecule has 0 saturated carbocycles. The van der Waals surface area contributed by atoms with E-state index in [2.05, 4.69) is 58.1 Å². The summed E-state index contributed by atoms with van der Waals surface area (Å²) in [5, 5.41) is 4.17. The van der Waals surface area contributed by atoms with Gasteiger partial charge in [0.2, 0.25) is 5.91 Å². The molecule has 3 fully saturated rings. The summed E-state index contributed by atoms with van der Waals surface area (Å²) in [6, 6.07) is 15.4. The lowest BCUT2D eigenvalue weighted by Gasteiger charge is -2.38. The molecule has 216 valence electrons. The third-order valence-corrected chi connectivity index (χ3v) is 10.5. The van der Waals surface area contributed by atoms with Gasteiger partial charge in [0.25, 0.3) is 5.91 Å². The molecule has 1 N–H and O–H groups in total. The number of carbonyl (C=O) groups excluding carboxylic acids is 2. The fourth-order valence-electron chi connectivity index (χ4n) is 7.94. The van der Waals surface area contributed by atoms with Gasteiger partial charge in [-0.15, -0.1) is 0 Å². The van der Waals surface area contributed by atoms with Crippen molar-refractivity contribution >= 4 is 29.0 Å². The van der Waals surface area contributed by atoms with Crippen molar-refractivity contribution in [3.63, 3.8) is 0 Å². The maximum atomic E-state index is 14.0. The van der Waals surface area contributed by atoms with Gasteiger partial charge in [0.1, 0.15) is 0 Å². The Bertz CT molecular complexity index is 1390. The molecular formula is C34H41ClN4O2. The Morgan fingerprint density at radius 3 is 2.63 bits per heavy atom. The minimum atomic E-state index is 0.185. The van der Waals surface area contributed by atoms with E-state index in [-0.39, 0.29) is 23.3 Å². The van der Waals surface area contributed by atoms with Crippen LogP contribution in [-0.4, -0.2) is 70.8 Å². The predicted molar refractivity (Wildman–Crippen MR) is 163 cm³/mol. The van der Waals surface area contributed by atoms with E-state index in [0.717, 1.165) is 99.5 Å². The zero-order valence-electron chi connectivity index (χ0n) is 24.3. The molecule has 1 unspecified atom stereocenters. The third kappa shape index (κ3) is 5.13. The molecule has 3 atom stereocenters. The largest absolute Gasteiger partial charge is 0.333 e. The van der Waals surface area contributed by atoms with Crippen LogP contribution >= 0.6 is 11.6 Å². The predicted octanol–water partition coefficient (Wildman–Crippen LogP) is 5.50. The van der Waals surface area contributed by atoms with E-state index in [0.29, 0.717) is 12.1 Å². The van der Waals surface area contributed by atoms with Gasteiger partial charge < -0.3 is 15.1 Å². The van der Waals surface area contributed by atoms with Crippen LogP contribution in [0.15, 0.2) is 48.0 Å². The first-order valence-electron chi connectivity index (χ1n) is 15.4. The van der Waals surface area contributed by atoms with Gasteiger partial charge >= 0.3 is 0 Å². The first kappa shape index (κ1) is 27.2. The minimum absolute atomic E-state index is 0.185. The highest BCUT2D eigenvalue weighted by atomic mass is 35.5. The van der Waals surface area contributed by atoms with E-state index in [9.17, 15) is 9.59 Å². The molecule has 6 nitrogen and oxygen atoms in total. The summed E-state index contributed by atoms with van der Waals surface area (Å²) in [6.07, 6.45) is 6.05. The maximum absolute atomic E-state index is 14.0. The molecule has 5 aliphatic rings. The van der Waals surface area contributed by atoms with Gasteiger partial charge in [0, 0.05) is 67.0 Å². The fourth-order valence-corrected chi connectivity index (χ4v) is 8.07. The fraction of sp³-hybridized carbons (Fsp3) is 0.529. The average molecular weight is 573 g/mol.